The van der Waals surface area contributed by atoms with Crippen molar-refractivity contribution in [3.05, 3.63) is 224 Å². The molecule has 70 heavy (non-hydrogen) atoms. The van der Waals surface area contributed by atoms with Gasteiger partial charge in [0.15, 0.2) is 17.5 Å². The van der Waals surface area contributed by atoms with Crippen LogP contribution in [0.1, 0.15) is 0 Å². The highest BCUT2D eigenvalue weighted by atomic mass is 16.3. The molecule has 15 rings (SSSR count). The number of hydrogen-bond acceptors (Lipinski definition) is 5. The predicted octanol–water partition coefficient (Wildman–Crippen LogP) is 16.5. The molecule has 0 N–H and O–H groups in total. The molecule has 0 unspecified atom stereocenters. The lowest BCUT2D eigenvalue weighted by molar-refractivity contribution is 0.669. The van der Waals surface area contributed by atoms with Crippen LogP contribution in [0, 0.1) is 0 Å². The minimum absolute atomic E-state index is 0.554. The SMILES string of the molecule is c1ccc(-c2nc(-c3cccc(-n4c5ccccc5c5ccccc54)c3)nc(-c3cccc4oc5ccc(-c6c(-n7c8ccccc8c8ccccc87)ccc7oc8ccccc8c67)cc5c34)n2)cc1. The zero-order valence-corrected chi connectivity index (χ0v) is 37.4. The predicted molar refractivity (Wildman–Crippen MR) is 285 cm³/mol. The van der Waals surface area contributed by atoms with E-state index in [9.17, 15) is 0 Å². The van der Waals surface area contributed by atoms with Crippen LogP contribution in [0.25, 0.3) is 144 Å². The van der Waals surface area contributed by atoms with Gasteiger partial charge in [-0.05, 0) is 78.4 Å². The highest BCUT2D eigenvalue weighted by Gasteiger charge is 2.24. The van der Waals surface area contributed by atoms with Gasteiger partial charge < -0.3 is 18.0 Å². The van der Waals surface area contributed by atoms with Crippen molar-refractivity contribution in [1.29, 1.82) is 0 Å². The maximum Gasteiger partial charge on any atom is 0.164 e. The molecule has 0 bridgehead atoms. The number of aromatic nitrogens is 5. The van der Waals surface area contributed by atoms with E-state index in [2.05, 4.69) is 179 Å². The summed E-state index contributed by atoms with van der Waals surface area (Å²) in [4.78, 5) is 15.8. The van der Waals surface area contributed by atoms with Gasteiger partial charge in [-0.2, -0.15) is 0 Å². The number of benzene rings is 10. The maximum absolute atomic E-state index is 6.73. The van der Waals surface area contributed by atoms with Crippen LogP contribution in [0.2, 0.25) is 0 Å². The summed E-state index contributed by atoms with van der Waals surface area (Å²) >= 11 is 0. The number of fused-ring (bicyclic) bond motifs is 12. The van der Waals surface area contributed by atoms with Crippen molar-refractivity contribution in [3.63, 3.8) is 0 Å². The third-order valence-electron chi connectivity index (χ3n) is 14.0. The molecule has 10 aromatic carbocycles. The van der Waals surface area contributed by atoms with Crippen molar-refractivity contribution in [1.82, 2.24) is 24.1 Å². The Morgan fingerprint density at radius 2 is 0.800 bits per heavy atom. The largest absolute Gasteiger partial charge is 0.456 e. The van der Waals surface area contributed by atoms with E-state index in [-0.39, 0.29) is 0 Å². The summed E-state index contributed by atoms with van der Waals surface area (Å²) in [5.41, 5.74) is 14.5. The minimum atomic E-state index is 0.554. The summed E-state index contributed by atoms with van der Waals surface area (Å²) in [6.07, 6.45) is 0. The topological polar surface area (TPSA) is 74.8 Å². The van der Waals surface area contributed by atoms with Crippen LogP contribution >= 0.6 is 0 Å². The number of para-hydroxylation sites is 5. The lowest BCUT2D eigenvalue weighted by atomic mass is 9.95. The van der Waals surface area contributed by atoms with Gasteiger partial charge in [0.05, 0.1) is 27.8 Å². The molecule has 0 atom stereocenters. The third kappa shape index (κ3) is 5.72. The number of rotatable bonds is 6. The molecule has 0 aliphatic carbocycles. The Kier molecular flexibility index (Phi) is 8.23. The van der Waals surface area contributed by atoms with Crippen molar-refractivity contribution in [2.24, 2.45) is 0 Å². The molecule has 0 aliphatic heterocycles. The van der Waals surface area contributed by atoms with Crippen LogP contribution in [0.3, 0.4) is 0 Å². The van der Waals surface area contributed by atoms with Gasteiger partial charge in [0.25, 0.3) is 0 Å². The number of furan rings is 2. The van der Waals surface area contributed by atoms with E-state index >= 15 is 0 Å². The molecule has 0 radical (unpaired) electrons. The van der Waals surface area contributed by atoms with Gasteiger partial charge in [-0.25, -0.2) is 15.0 Å². The summed E-state index contributed by atoms with van der Waals surface area (Å²) in [7, 11) is 0. The Labute approximate surface area is 399 Å². The van der Waals surface area contributed by atoms with E-state index in [0.717, 1.165) is 105 Å². The Balaban J connectivity index is 0.963. The highest BCUT2D eigenvalue weighted by molar-refractivity contribution is 6.19. The summed E-state index contributed by atoms with van der Waals surface area (Å²) in [5.74, 6) is 1.72. The van der Waals surface area contributed by atoms with Crippen LogP contribution in [-0.4, -0.2) is 24.1 Å². The Morgan fingerprint density at radius 1 is 0.300 bits per heavy atom. The molecule has 0 amide bonds. The lowest BCUT2D eigenvalue weighted by Crippen LogP contribution is -2.01. The molecule has 7 heteroatoms. The van der Waals surface area contributed by atoms with Crippen molar-refractivity contribution in [3.8, 4) is 56.7 Å². The van der Waals surface area contributed by atoms with E-state index in [4.69, 9.17) is 23.8 Å². The van der Waals surface area contributed by atoms with E-state index in [1.165, 1.54) is 21.5 Å². The molecule has 0 fully saturated rings. The molecule has 0 saturated heterocycles. The second kappa shape index (κ2) is 15.0. The fourth-order valence-corrected chi connectivity index (χ4v) is 11.0. The Hall–Kier alpha value is -9.59. The van der Waals surface area contributed by atoms with Crippen molar-refractivity contribution in [2.45, 2.75) is 0 Å². The fourth-order valence-electron chi connectivity index (χ4n) is 11.0. The molecule has 326 valence electrons. The van der Waals surface area contributed by atoms with Crippen molar-refractivity contribution in [2.75, 3.05) is 0 Å². The first-order chi connectivity index (χ1) is 34.7. The minimum Gasteiger partial charge on any atom is -0.456 e. The third-order valence-corrected chi connectivity index (χ3v) is 14.0. The van der Waals surface area contributed by atoms with Gasteiger partial charge in [0, 0.05) is 71.0 Å². The maximum atomic E-state index is 6.73. The average Bonchev–Trinajstić information content (AvgIpc) is 4.18. The summed E-state index contributed by atoms with van der Waals surface area (Å²) in [5, 5.41) is 8.81. The van der Waals surface area contributed by atoms with Crippen LogP contribution in [-0.2, 0) is 0 Å². The van der Waals surface area contributed by atoms with Crippen LogP contribution in [0.15, 0.2) is 233 Å². The van der Waals surface area contributed by atoms with E-state index in [1.807, 2.05) is 54.6 Å². The first kappa shape index (κ1) is 38.5. The second-order valence-corrected chi connectivity index (χ2v) is 17.9. The molecular weight excluding hydrogens is 859 g/mol. The molecule has 5 aromatic heterocycles. The lowest BCUT2D eigenvalue weighted by Gasteiger charge is -2.16. The first-order valence-electron chi connectivity index (χ1n) is 23.5. The van der Waals surface area contributed by atoms with Crippen LogP contribution in [0.5, 0.6) is 0 Å². The zero-order chi connectivity index (χ0) is 45.9. The Morgan fingerprint density at radius 3 is 1.49 bits per heavy atom. The van der Waals surface area contributed by atoms with Crippen molar-refractivity contribution >= 4 is 87.5 Å². The molecular formula is C63H37N5O2. The zero-order valence-electron chi connectivity index (χ0n) is 37.4. The monoisotopic (exact) mass is 895 g/mol. The molecule has 15 aromatic rings. The van der Waals surface area contributed by atoms with Gasteiger partial charge in [-0.3, -0.25) is 0 Å². The molecule has 0 aliphatic rings. The van der Waals surface area contributed by atoms with E-state index in [0.29, 0.717) is 17.5 Å². The summed E-state index contributed by atoms with van der Waals surface area (Å²) in [6, 6.07) is 78.4. The molecule has 7 nitrogen and oxygen atoms in total. The smallest absolute Gasteiger partial charge is 0.164 e. The normalized spacial score (nSPS) is 12.0. The van der Waals surface area contributed by atoms with Crippen LogP contribution in [0.4, 0.5) is 0 Å². The quantitative estimate of drug-likeness (QED) is 0.166. The van der Waals surface area contributed by atoms with Gasteiger partial charge in [0.2, 0.25) is 0 Å². The summed E-state index contributed by atoms with van der Waals surface area (Å²) in [6.45, 7) is 0. The van der Waals surface area contributed by atoms with Gasteiger partial charge in [0.1, 0.15) is 22.3 Å². The van der Waals surface area contributed by atoms with Gasteiger partial charge in [-0.1, -0.05) is 152 Å². The molecule has 0 spiro atoms. The van der Waals surface area contributed by atoms with Crippen molar-refractivity contribution < 1.29 is 8.83 Å². The number of hydrogen-bond donors (Lipinski definition) is 0. The van der Waals surface area contributed by atoms with Gasteiger partial charge >= 0.3 is 0 Å². The Bertz CT molecular complexity index is 4510. The van der Waals surface area contributed by atoms with Crippen LogP contribution < -0.4 is 0 Å². The standard InChI is InChI=1S/C63H37N5O2/c1-2-16-38(17-3-1)61-64-62(40-18-14-19-41(36-40)67-49-26-9-4-20-42(49)43-21-5-10-27-50(43)67)66-63(65-61)47-25-15-31-56-59(47)48-37-39(32-34-55(48)70-56)58-53(33-35-57-60(58)46-24-8-13-30-54(46)69-57)68-51-28-11-6-22-44(51)45-23-7-12-29-52(45)68/h1-37H. The fraction of sp³-hybridized carbons (Fsp3) is 0. The average molecular weight is 896 g/mol. The van der Waals surface area contributed by atoms with E-state index < -0.39 is 0 Å². The van der Waals surface area contributed by atoms with Gasteiger partial charge in [-0.15, -0.1) is 0 Å². The molecule has 0 saturated carbocycles. The summed E-state index contributed by atoms with van der Waals surface area (Å²) < 4.78 is 18.0. The number of nitrogens with zero attached hydrogens (tertiary/aromatic N) is 5. The van der Waals surface area contributed by atoms with E-state index in [1.54, 1.807) is 0 Å². The first-order valence-corrected chi connectivity index (χ1v) is 23.5. The second-order valence-electron chi connectivity index (χ2n) is 17.9. The molecule has 5 heterocycles. The highest BCUT2D eigenvalue weighted by Crippen LogP contribution is 2.46.